The van der Waals surface area contributed by atoms with Crippen LogP contribution in [-0.2, 0) is 0 Å². The Morgan fingerprint density at radius 3 is 3.15 bits per heavy atom. The number of nitriles is 1. The predicted octanol–water partition coefficient (Wildman–Crippen LogP) is 1.69. The Bertz CT molecular complexity index is 322. The van der Waals surface area contributed by atoms with Crippen LogP contribution in [0, 0.1) is 11.3 Å². The lowest BCUT2D eigenvalue weighted by Crippen LogP contribution is -2.14. The van der Waals surface area contributed by atoms with Gasteiger partial charge in [0.25, 0.3) is 0 Å². The second-order valence-corrected chi connectivity index (χ2v) is 2.54. The van der Waals surface area contributed by atoms with E-state index in [-0.39, 0.29) is 5.69 Å². The second kappa shape index (κ2) is 4.41. The van der Waals surface area contributed by atoms with Crippen molar-refractivity contribution in [2.75, 3.05) is 6.67 Å². The van der Waals surface area contributed by atoms with Crippen molar-refractivity contribution in [2.45, 2.75) is 13.0 Å². The Balaban J connectivity index is 2.82. The van der Waals surface area contributed by atoms with E-state index in [4.69, 9.17) is 10.00 Å². The molecular formula is C9H9FN2O. The molecule has 1 atom stereocenters. The molecule has 3 nitrogen and oxygen atoms in total. The molecule has 68 valence electrons. The van der Waals surface area contributed by atoms with Crippen LogP contribution in [0.15, 0.2) is 18.3 Å². The average molecular weight is 180 g/mol. The molecule has 0 aromatic carbocycles. The highest BCUT2D eigenvalue weighted by atomic mass is 19.1. The first kappa shape index (κ1) is 9.46. The van der Waals surface area contributed by atoms with Crippen LogP contribution in [0.25, 0.3) is 0 Å². The standard InChI is InChI=1S/C9H9FN2O/c1-7(5-10)13-9-3-2-4-12-8(9)6-11/h2-4,7H,5H2,1H3. The zero-order valence-corrected chi connectivity index (χ0v) is 7.20. The van der Waals surface area contributed by atoms with E-state index in [1.807, 2.05) is 6.07 Å². The van der Waals surface area contributed by atoms with Gasteiger partial charge in [-0.15, -0.1) is 0 Å². The summed E-state index contributed by atoms with van der Waals surface area (Å²) in [6.45, 7) is 1.01. The van der Waals surface area contributed by atoms with Crippen molar-refractivity contribution in [3.63, 3.8) is 0 Å². The minimum Gasteiger partial charge on any atom is -0.485 e. The number of ether oxygens (including phenoxy) is 1. The van der Waals surface area contributed by atoms with E-state index in [0.717, 1.165) is 0 Å². The zero-order valence-electron chi connectivity index (χ0n) is 7.20. The summed E-state index contributed by atoms with van der Waals surface area (Å²) < 4.78 is 17.2. The van der Waals surface area contributed by atoms with Crippen LogP contribution < -0.4 is 4.74 Å². The molecule has 0 bridgehead atoms. The SMILES string of the molecule is CC(CF)Oc1cccnc1C#N. The third kappa shape index (κ3) is 2.41. The molecule has 4 heteroatoms. The number of aromatic nitrogens is 1. The molecule has 0 fully saturated rings. The summed E-state index contributed by atoms with van der Waals surface area (Å²) in [7, 11) is 0. The number of hydrogen-bond donors (Lipinski definition) is 0. The van der Waals surface area contributed by atoms with Crippen LogP contribution in [0.5, 0.6) is 5.75 Å². The summed E-state index contributed by atoms with van der Waals surface area (Å²) in [6, 6.07) is 5.10. The molecule has 1 heterocycles. The number of rotatable bonds is 3. The number of alkyl halides is 1. The third-order valence-corrected chi connectivity index (χ3v) is 1.42. The molecule has 1 rings (SSSR count). The summed E-state index contributed by atoms with van der Waals surface area (Å²) >= 11 is 0. The van der Waals surface area contributed by atoms with Crippen molar-refractivity contribution >= 4 is 0 Å². The molecule has 0 amide bonds. The van der Waals surface area contributed by atoms with Gasteiger partial charge < -0.3 is 4.74 Å². The van der Waals surface area contributed by atoms with Gasteiger partial charge >= 0.3 is 0 Å². The van der Waals surface area contributed by atoms with Crippen LogP contribution in [0.2, 0.25) is 0 Å². The minimum absolute atomic E-state index is 0.183. The summed E-state index contributed by atoms with van der Waals surface area (Å²) in [6.07, 6.45) is 0.947. The highest BCUT2D eigenvalue weighted by Crippen LogP contribution is 2.15. The molecule has 0 N–H and O–H groups in total. The van der Waals surface area contributed by atoms with Gasteiger partial charge in [-0.2, -0.15) is 5.26 Å². The molecule has 0 radical (unpaired) electrons. The maximum absolute atomic E-state index is 12.1. The Hall–Kier alpha value is -1.63. The first-order valence-electron chi connectivity index (χ1n) is 3.85. The van der Waals surface area contributed by atoms with Gasteiger partial charge in [-0.3, -0.25) is 0 Å². The van der Waals surface area contributed by atoms with E-state index in [2.05, 4.69) is 4.98 Å². The quantitative estimate of drug-likeness (QED) is 0.711. The largest absolute Gasteiger partial charge is 0.485 e. The van der Waals surface area contributed by atoms with E-state index in [1.54, 1.807) is 19.1 Å². The first-order valence-corrected chi connectivity index (χ1v) is 3.85. The Morgan fingerprint density at radius 1 is 1.77 bits per heavy atom. The summed E-state index contributed by atoms with van der Waals surface area (Å²) in [5, 5.41) is 8.62. The van der Waals surface area contributed by atoms with E-state index in [1.165, 1.54) is 6.20 Å². The van der Waals surface area contributed by atoms with Crippen molar-refractivity contribution in [2.24, 2.45) is 0 Å². The molecule has 1 unspecified atom stereocenters. The van der Waals surface area contributed by atoms with Gasteiger partial charge in [0.1, 0.15) is 18.8 Å². The molecule has 0 saturated carbocycles. The minimum atomic E-state index is -0.584. The second-order valence-electron chi connectivity index (χ2n) is 2.54. The fraction of sp³-hybridized carbons (Fsp3) is 0.333. The van der Waals surface area contributed by atoms with Gasteiger partial charge in [0.15, 0.2) is 11.4 Å². The smallest absolute Gasteiger partial charge is 0.182 e. The van der Waals surface area contributed by atoms with Crippen molar-refractivity contribution in [1.82, 2.24) is 4.98 Å². The van der Waals surface area contributed by atoms with Crippen LogP contribution in [0.3, 0.4) is 0 Å². The van der Waals surface area contributed by atoms with Crippen LogP contribution in [0.4, 0.5) is 4.39 Å². The van der Waals surface area contributed by atoms with Gasteiger partial charge in [0.2, 0.25) is 0 Å². The van der Waals surface area contributed by atoms with Crippen molar-refractivity contribution in [1.29, 1.82) is 5.26 Å². The average Bonchev–Trinajstić information content (AvgIpc) is 2.18. The fourth-order valence-electron chi connectivity index (χ4n) is 0.818. The predicted molar refractivity (Wildman–Crippen MR) is 45.0 cm³/mol. The summed E-state index contributed by atoms with van der Waals surface area (Å²) in [5.41, 5.74) is 0.183. The van der Waals surface area contributed by atoms with Crippen LogP contribution >= 0.6 is 0 Å². The number of nitrogens with zero attached hydrogens (tertiary/aromatic N) is 2. The molecular weight excluding hydrogens is 171 g/mol. The fourth-order valence-corrected chi connectivity index (χ4v) is 0.818. The first-order chi connectivity index (χ1) is 6.27. The molecule has 1 aromatic rings. The topological polar surface area (TPSA) is 45.9 Å². The summed E-state index contributed by atoms with van der Waals surface area (Å²) in [4.78, 5) is 3.78. The number of halogens is 1. The molecule has 1 aromatic heterocycles. The van der Waals surface area contributed by atoms with E-state index < -0.39 is 12.8 Å². The van der Waals surface area contributed by atoms with Crippen molar-refractivity contribution in [3.05, 3.63) is 24.0 Å². The van der Waals surface area contributed by atoms with Crippen molar-refractivity contribution in [3.8, 4) is 11.8 Å². The van der Waals surface area contributed by atoms with Gasteiger partial charge in [0, 0.05) is 6.20 Å². The normalized spacial score (nSPS) is 11.8. The molecule has 0 spiro atoms. The van der Waals surface area contributed by atoms with E-state index in [9.17, 15) is 4.39 Å². The van der Waals surface area contributed by atoms with Crippen LogP contribution in [0.1, 0.15) is 12.6 Å². The lowest BCUT2D eigenvalue weighted by molar-refractivity contribution is 0.181. The monoisotopic (exact) mass is 180 g/mol. The third-order valence-electron chi connectivity index (χ3n) is 1.42. The maximum atomic E-state index is 12.1. The number of hydrogen-bond acceptors (Lipinski definition) is 3. The highest BCUT2D eigenvalue weighted by Gasteiger charge is 2.07. The molecule has 0 aliphatic rings. The summed E-state index contributed by atoms with van der Waals surface area (Å²) in [5.74, 6) is 0.329. The zero-order chi connectivity index (χ0) is 9.68. The van der Waals surface area contributed by atoms with Gasteiger partial charge in [-0.05, 0) is 19.1 Å². The highest BCUT2D eigenvalue weighted by molar-refractivity contribution is 5.36. The Morgan fingerprint density at radius 2 is 2.54 bits per heavy atom. The van der Waals surface area contributed by atoms with Crippen LogP contribution in [-0.4, -0.2) is 17.8 Å². The lowest BCUT2D eigenvalue weighted by atomic mass is 10.3. The Kier molecular flexibility index (Phi) is 3.21. The molecule has 13 heavy (non-hydrogen) atoms. The molecule has 0 aliphatic heterocycles. The molecule has 0 saturated heterocycles. The van der Waals surface area contributed by atoms with Gasteiger partial charge in [-0.25, -0.2) is 9.37 Å². The van der Waals surface area contributed by atoms with Crippen molar-refractivity contribution < 1.29 is 9.13 Å². The van der Waals surface area contributed by atoms with Gasteiger partial charge in [-0.1, -0.05) is 0 Å². The lowest BCUT2D eigenvalue weighted by Gasteiger charge is -2.10. The van der Waals surface area contributed by atoms with Gasteiger partial charge in [0.05, 0.1) is 0 Å². The van der Waals surface area contributed by atoms with E-state index in [0.29, 0.717) is 5.75 Å². The molecule has 0 aliphatic carbocycles. The van der Waals surface area contributed by atoms with E-state index >= 15 is 0 Å². The number of pyridine rings is 1. The maximum Gasteiger partial charge on any atom is 0.182 e. The Labute approximate surface area is 75.8 Å².